The first-order chi connectivity index (χ1) is 8.86. The molecule has 1 unspecified atom stereocenters. The smallest absolute Gasteiger partial charge is 0.398 e. The lowest BCUT2D eigenvalue weighted by molar-refractivity contribution is -0.137. The minimum atomic E-state index is -4.42. The van der Waals surface area contributed by atoms with Crippen molar-refractivity contribution in [3.8, 4) is 0 Å². The van der Waals surface area contributed by atoms with Crippen LogP contribution in [0.2, 0.25) is 0 Å². The zero-order valence-electron chi connectivity index (χ0n) is 10.5. The molecule has 0 aliphatic heterocycles. The lowest BCUT2D eigenvalue weighted by Crippen LogP contribution is -2.08. The molecule has 2 N–H and O–H groups in total. The van der Waals surface area contributed by atoms with Gasteiger partial charge in [-0.1, -0.05) is 6.92 Å². The van der Waals surface area contributed by atoms with Gasteiger partial charge in [-0.25, -0.2) is 0 Å². The second kappa shape index (κ2) is 7.19. The highest BCUT2D eigenvalue weighted by Gasteiger charge is 2.31. The Kier molecular flexibility index (Phi) is 6.19. The highest BCUT2D eigenvalue weighted by atomic mass is 32.2. The molecule has 0 saturated heterocycles. The van der Waals surface area contributed by atoms with Crippen LogP contribution in [0.1, 0.15) is 18.9 Å². The van der Waals surface area contributed by atoms with Gasteiger partial charge in [-0.15, -0.1) is 0 Å². The summed E-state index contributed by atoms with van der Waals surface area (Å²) in [4.78, 5) is 0.287. The maximum absolute atomic E-state index is 12.5. The van der Waals surface area contributed by atoms with Crippen LogP contribution < -0.4 is 5.73 Å². The molecule has 0 radical (unpaired) electrons. The van der Waals surface area contributed by atoms with E-state index in [2.05, 4.69) is 0 Å². The van der Waals surface area contributed by atoms with E-state index >= 15 is 0 Å². The van der Waals surface area contributed by atoms with Crippen LogP contribution in [-0.2, 0) is 17.0 Å². The Labute approximate surface area is 117 Å². The Balaban J connectivity index is 2.71. The quantitative estimate of drug-likeness (QED) is 0.645. The third-order valence-corrected chi connectivity index (χ3v) is 4.91. The Morgan fingerprint density at radius 2 is 2.05 bits per heavy atom. The second-order valence-electron chi connectivity index (χ2n) is 3.85. The van der Waals surface area contributed by atoms with E-state index in [0.29, 0.717) is 5.75 Å². The van der Waals surface area contributed by atoms with Crippen molar-refractivity contribution in [1.29, 1.82) is 0 Å². The Hall–Kier alpha value is -0.690. The van der Waals surface area contributed by atoms with E-state index in [-0.39, 0.29) is 10.6 Å². The Morgan fingerprint density at radius 3 is 2.58 bits per heavy atom. The van der Waals surface area contributed by atoms with E-state index in [1.165, 1.54) is 6.07 Å². The summed E-state index contributed by atoms with van der Waals surface area (Å²) in [7, 11) is -1.34. The molecule has 0 heterocycles. The van der Waals surface area contributed by atoms with Crippen molar-refractivity contribution >= 4 is 28.2 Å². The molecule has 1 atom stereocenters. The lowest BCUT2D eigenvalue weighted by Gasteiger charge is -2.10. The van der Waals surface area contributed by atoms with Gasteiger partial charge in [-0.3, -0.25) is 4.21 Å². The minimum Gasteiger partial charge on any atom is -0.398 e. The molecule has 1 rings (SSSR count). The normalized spacial score (nSPS) is 13.5. The van der Waals surface area contributed by atoms with Gasteiger partial charge in [0.15, 0.2) is 0 Å². The van der Waals surface area contributed by atoms with Gasteiger partial charge < -0.3 is 5.73 Å². The molecular weight excluding hydrogens is 295 g/mol. The summed E-state index contributed by atoms with van der Waals surface area (Å²) in [5.74, 6) is 2.31. The van der Waals surface area contributed by atoms with Gasteiger partial charge in [0.25, 0.3) is 0 Å². The third-order valence-electron chi connectivity index (χ3n) is 2.40. The predicted octanol–water partition coefficient (Wildman–Crippen LogP) is 3.54. The van der Waals surface area contributed by atoms with E-state index in [9.17, 15) is 17.4 Å². The van der Waals surface area contributed by atoms with Crippen LogP contribution in [0.4, 0.5) is 18.9 Å². The molecule has 0 bridgehead atoms. The number of anilines is 1. The molecule has 2 nitrogen and oxygen atoms in total. The summed E-state index contributed by atoms with van der Waals surface area (Å²) in [6.45, 7) is 2.04. The first-order valence-corrected chi connectivity index (χ1v) is 8.26. The SMILES string of the molecule is CCSCCCS(=O)c1ccc(C(F)(F)F)cc1N. The van der Waals surface area contributed by atoms with Crippen molar-refractivity contribution < 1.29 is 17.4 Å². The van der Waals surface area contributed by atoms with Crippen LogP contribution >= 0.6 is 11.8 Å². The van der Waals surface area contributed by atoms with Crippen molar-refractivity contribution in [2.75, 3.05) is 23.0 Å². The highest BCUT2D eigenvalue weighted by Crippen LogP contribution is 2.32. The predicted molar refractivity (Wildman–Crippen MR) is 74.7 cm³/mol. The molecule has 0 aliphatic carbocycles. The number of rotatable bonds is 6. The molecule has 1 aromatic rings. The summed E-state index contributed by atoms with van der Waals surface area (Å²) in [6.07, 6.45) is -3.67. The van der Waals surface area contributed by atoms with Crippen LogP contribution in [0.25, 0.3) is 0 Å². The Bertz CT molecular complexity index is 449. The molecule has 0 saturated carbocycles. The highest BCUT2D eigenvalue weighted by molar-refractivity contribution is 7.99. The molecule has 1 aromatic carbocycles. The lowest BCUT2D eigenvalue weighted by atomic mass is 10.2. The number of hydrogen-bond donors (Lipinski definition) is 1. The molecule has 0 aliphatic rings. The number of halogens is 3. The molecule has 108 valence electrons. The molecule has 19 heavy (non-hydrogen) atoms. The van der Waals surface area contributed by atoms with Crippen molar-refractivity contribution in [3.63, 3.8) is 0 Å². The average Bonchev–Trinajstić information content (AvgIpc) is 2.33. The van der Waals surface area contributed by atoms with Crippen LogP contribution in [-0.4, -0.2) is 21.5 Å². The van der Waals surface area contributed by atoms with E-state index < -0.39 is 22.5 Å². The maximum atomic E-state index is 12.5. The summed E-state index contributed by atoms with van der Waals surface area (Å²) in [5, 5.41) is 0. The third kappa shape index (κ3) is 5.06. The van der Waals surface area contributed by atoms with E-state index in [1.54, 1.807) is 11.8 Å². The van der Waals surface area contributed by atoms with Gasteiger partial charge in [0.05, 0.1) is 21.3 Å². The zero-order chi connectivity index (χ0) is 14.5. The first-order valence-electron chi connectivity index (χ1n) is 5.79. The number of hydrogen-bond acceptors (Lipinski definition) is 3. The van der Waals surface area contributed by atoms with Gasteiger partial charge in [0.2, 0.25) is 0 Å². The molecule has 0 spiro atoms. The van der Waals surface area contributed by atoms with Crippen LogP contribution in [0.3, 0.4) is 0 Å². The Morgan fingerprint density at radius 1 is 1.37 bits per heavy atom. The number of alkyl halides is 3. The van der Waals surface area contributed by atoms with Crippen LogP contribution in [0.5, 0.6) is 0 Å². The number of nitrogen functional groups attached to an aromatic ring is 1. The molecular formula is C12H16F3NOS2. The van der Waals surface area contributed by atoms with Gasteiger partial charge in [-0.2, -0.15) is 24.9 Å². The fraction of sp³-hybridized carbons (Fsp3) is 0.500. The number of benzene rings is 1. The minimum absolute atomic E-state index is 0.0590. The van der Waals surface area contributed by atoms with Crippen molar-refractivity contribution in [1.82, 2.24) is 0 Å². The van der Waals surface area contributed by atoms with Gasteiger partial charge >= 0.3 is 6.18 Å². The number of nitrogens with two attached hydrogens (primary N) is 1. The van der Waals surface area contributed by atoms with E-state index in [4.69, 9.17) is 5.73 Å². The van der Waals surface area contributed by atoms with Gasteiger partial charge in [0, 0.05) is 11.4 Å². The first kappa shape index (κ1) is 16.4. The fourth-order valence-electron chi connectivity index (χ4n) is 1.48. The fourth-order valence-corrected chi connectivity index (χ4v) is 3.47. The van der Waals surface area contributed by atoms with Crippen LogP contribution in [0.15, 0.2) is 23.1 Å². The second-order valence-corrected chi connectivity index (χ2v) is 6.78. The van der Waals surface area contributed by atoms with E-state index in [0.717, 1.165) is 30.1 Å². The summed E-state index contributed by atoms with van der Waals surface area (Å²) >= 11 is 1.74. The number of thioether (sulfide) groups is 1. The summed E-state index contributed by atoms with van der Waals surface area (Å²) in [6, 6.07) is 2.97. The molecule has 0 amide bonds. The maximum Gasteiger partial charge on any atom is 0.416 e. The average molecular weight is 311 g/mol. The van der Waals surface area contributed by atoms with Crippen molar-refractivity contribution in [2.45, 2.75) is 24.4 Å². The topological polar surface area (TPSA) is 43.1 Å². The molecule has 0 fully saturated rings. The largest absolute Gasteiger partial charge is 0.416 e. The van der Waals surface area contributed by atoms with Gasteiger partial charge in [-0.05, 0) is 36.1 Å². The van der Waals surface area contributed by atoms with E-state index in [1.807, 2.05) is 6.92 Å². The summed E-state index contributed by atoms with van der Waals surface area (Å²) < 4.78 is 49.3. The van der Waals surface area contributed by atoms with Crippen molar-refractivity contribution in [2.24, 2.45) is 0 Å². The molecule has 7 heteroatoms. The van der Waals surface area contributed by atoms with Gasteiger partial charge in [0.1, 0.15) is 0 Å². The molecule has 0 aromatic heterocycles. The standard InChI is InChI=1S/C12H16F3NOS2/c1-2-18-6-3-7-19(17)11-5-4-9(8-10(11)16)12(13,14)15/h4-5,8H,2-3,6-7,16H2,1H3. The van der Waals surface area contributed by atoms with Crippen molar-refractivity contribution in [3.05, 3.63) is 23.8 Å². The monoisotopic (exact) mass is 311 g/mol. The summed E-state index contributed by atoms with van der Waals surface area (Å²) in [5.41, 5.74) is 4.68. The zero-order valence-corrected chi connectivity index (χ0v) is 12.1. The van der Waals surface area contributed by atoms with Crippen LogP contribution in [0, 0.1) is 0 Å².